The van der Waals surface area contributed by atoms with Gasteiger partial charge in [-0.05, 0) is 48.7 Å². The predicted octanol–water partition coefficient (Wildman–Crippen LogP) is 4.05. The Morgan fingerprint density at radius 3 is 2.15 bits per heavy atom. The summed E-state index contributed by atoms with van der Waals surface area (Å²) in [4.78, 5) is 34.1. The Morgan fingerprint density at radius 2 is 1.62 bits per heavy atom. The van der Waals surface area contributed by atoms with E-state index in [1.807, 2.05) is 0 Å². The van der Waals surface area contributed by atoms with Crippen molar-refractivity contribution in [1.82, 2.24) is 0 Å². The Hall–Kier alpha value is -3.22. The van der Waals surface area contributed by atoms with Gasteiger partial charge >= 0.3 is 5.97 Å². The molecular formula is C19H20N2O5. The zero-order chi connectivity index (χ0) is 19.1. The number of carbonyl (C=O) groups excluding carboxylic acids is 2. The molecule has 0 aromatic heterocycles. The van der Waals surface area contributed by atoms with Crippen molar-refractivity contribution in [2.24, 2.45) is 5.92 Å². The van der Waals surface area contributed by atoms with Crippen LogP contribution in [0.3, 0.4) is 0 Å². The minimum atomic E-state index is -0.527. The summed E-state index contributed by atoms with van der Waals surface area (Å²) in [5.41, 5.74) is 1.13. The van der Waals surface area contributed by atoms with E-state index in [4.69, 9.17) is 4.74 Å². The van der Waals surface area contributed by atoms with Gasteiger partial charge in [-0.1, -0.05) is 13.8 Å². The molecule has 7 nitrogen and oxygen atoms in total. The first-order chi connectivity index (χ1) is 12.4. The number of nitrogens with zero attached hydrogens (tertiary/aromatic N) is 1. The molecule has 26 heavy (non-hydrogen) atoms. The highest BCUT2D eigenvalue weighted by atomic mass is 16.6. The molecule has 2 aromatic rings. The molecule has 0 heterocycles. The molecule has 0 saturated carbocycles. The van der Waals surface area contributed by atoms with Gasteiger partial charge in [0.2, 0.25) is 0 Å². The molecular weight excluding hydrogens is 336 g/mol. The molecule has 2 aromatic carbocycles. The van der Waals surface area contributed by atoms with Crippen molar-refractivity contribution in [3.8, 4) is 0 Å². The van der Waals surface area contributed by atoms with Crippen LogP contribution in [0.4, 0.5) is 11.4 Å². The maximum absolute atomic E-state index is 12.1. The maximum atomic E-state index is 12.1. The van der Waals surface area contributed by atoms with Gasteiger partial charge in [-0.15, -0.1) is 0 Å². The van der Waals surface area contributed by atoms with Gasteiger partial charge in [0.25, 0.3) is 11.6 Å². The zero-order valence-electron chi connectivity index (χ0n) is 14.6. The quantitative estimate of drug-likeness (QED) is 0.458. The van der Waals surface area contributed by atoms with E-state index in [1.165, 1.54) is 24.3 Å². The van der Waals surface area contributed by atoms with Crippen molar-refractivity contribution in [2.45, 2.75) is 20.3 Å². The summed E-state index contributed by atoms with van der Waals surface area (Å²) in [6.07, 6.45) is 0.801. The SMILES string of the molecule is CC(C)CCOC(=O)c1ccc(NC(=O)c2ccc([N+](=O)[O-])cc2)cc1. The maximum Gasteiger partial charge on any atom is 0.338 e. The Kier molecular flexibility index (Phi) is 6.43. The summed E-state index contributed by atoms with van der Waals surface area (Å²) in [6, 6.07) is 11.6. The number of nitrogens with one attached hydrogen (secondary N) is 1. The van der Waals surface area contributed by atoms with Gasteiger partial charge in [0, 0.05) is 23.4 Å². The van der Waals surface area contributed by atoms with Crippen LogP contribution in [0.15, 0.2) is 48.5 Å². The molecule has 0 radical (unpaired) electrons. The number of rotatable bonds is 7. The lowest BCUT2D eigenvalue weighted by Gasteiger charge is -2.08. The highest BCUT2D eigenvalue weighted by Crippen LogP contribution is 2.15. The zero-order valence-corrected chi connectivity index (χ0v) is 14.6. The molecule has 0 aliphatic carbocycles. The standard InChI is InChI=1S/C19H20N2O5/c1-13(2)11-12-26-19(23)15-3-7-16(8-4-15)20-18(22)14-5-9-17(10-6-14)21(24)25/h3-10,13H,11-12H2,1-2H3,(H,20,22). The van der Waals surface area contributed by atoms with Crippen LogP contribution in [-0.4, -0.2) is 23.4 Å². The average Bonchev–Trinajstić information content (AvgIpc) is 2.62. The lowest BCUT2D eigenvalue weighted by atomic mass is 10.1. The van der Waals surface area contributed by atoms with Gasteiger partial charge in [0.15, 0.2) is 0 Å². The highest BCUT2D eigenvalue weighted by Gasteiger charge is 2.11. The van der Waals surface area contributed by atoms with E-state index in [9.17, 15) is 19.7 Å². The second kappa shape index (κ2) is 8.75. The van der Waals surface area contributed by atoms with Gasteiger partial charge in [0.05, 0.1) is 17.1 Å². The molecule has 136 valence electrons. The number of hydrogen-bond acceptors (Lipinski definition) is 5. The number of nitro groups is 1. The van der Waals surface area contributed by atoms with Crippen molar-refractivity contribution in [1.29, 1.82) is 0 Å². The van der Waals surface area contributed by atoms with Crippen molar-refractivity contribution < 1.29 is 19.2 Å². The topological polar surface area (TPSA) is 98.5 Å². The molecule has 0 saturated heterocycles. The van der Waals surface area contributed by atoms with Gasteiger partial charge < -0.3 is 10.1 Å². The number of benzene rings is 2. The summed E-state index contributed by atoms with van der Waals surface area (Å²) in [7, 11) is 0. The van der Waals surface area contributed by atoms with Crippen LogP contribution in [0.25, 0.3) is 0 Å². The molecule has 0 spiro atoms. The normalized spacial score (nSPS) is 10.4. The average molecular weight is 356 g/mol. The summed E-state index contributed by atoms with van der Waals surface area (Å²) in [6.45, 7) is 4.47. The molecule has 1 amide bonds. The van der Waals surface area contributed by atoms with Crippen molar-refractivity contribution >= 4 is 23.3 Å². The fourth-order valence-corrected chi connectivity index (χ4v) is 2.10. The first kappa shape index (κ1) is 19.1. The highest BCUT2D eigenvalue weighted by molar-refractivity contribution is 6.04. The Bertz CT molecular complexity index is 783. The predicted molar refractivity (Wildman–Crippen MR) is 97.2 cm³/mol. The van der Waals surface area contributed by atoms with Gasteiger partial charge in [-0.2, -0.15) is 0 Å². The van der Waals surface area contributed by atoms with E-state index < -0.39 is 16.8 Å². The van der Waals surface area contributed by atoms with E-state index >= 15 is 0 Å². The molecule has 2 rings (SSSR count). The van der Waals surface area contributed by atoms with Crippen LogP contribution < -0.4 is 5.32 Å². The number of hydrogen-bond donors (Lipinski definition) is 1. The minimum absolute atomic E-state index is 0.0816. The number of amides is 1. The van der Waals surface area contributed by atoms with Gasteiger partial charge in [-0.25, -0.2) is 4.79 Å². The third-order valence-electron chi connectivity index (χ3n) is 3.65. The van der Waals surface area contributed by atoms with E-state index in [0.717, 1.165) is 6.42 Å². The number of non-ortho nitro benzene ring substituents is 1. The smallest absolute Gasteiger partial charge is 0.338 e. The van der Waals surface area contributed by atoms with Crippen LogP contribution in [0.2, 0.25) is 0 Å². The van der Waals surface area contributed by atoms with Gasteiger partial charge in [-0.3, -0.25) is 14.9 Å². The first-order valence-corrected chi connectivity index (χ1v) is 8.20. The van der Waals surface area contributed by atoms with Crippen LogP contribution in [0, 0.1) is 16.0 Å². The van der Waals surface area contributed by atoms with Crippen molar-refractivity contribution in [3.05, 3.63) is 69.8 Å². The summed E-state index contributed by atoms with van der Waals surface area (Å²) < 4.78 is 5.18. The monoisotopic (exact) mass is 356 g/mol. The lowest BCUT2D eigenvalue weighted by molar-refractivity contribution is -0.384. The van der Waals surface area contributed by atoms with E-state index in [-0.39, 0.29) is 5.69 Å². The lowest BCUT2D eigenvalue weighted by Crippen LogP contribution is -2.12. The van der Waals surface area contributed by atoms with Crippen LogP contribution in [-0.2, 0) is 4.74 Å². The molecule has 0 bridgehead atoms. The number of esters is 1. The van der Waals surface area contributed by atoms with E-state index in [0.29, 0.717) is 29.3 Å². The van der Waals surface area contributed by atoms with Crippen LogP contribution >= 0.6 is 0 Å². The number of nitro benzene ring substituents is 1. The Morgan fingerprint density at radius 1 is 1.04 bits per heavy atom. The molecule has 0 aliphatic rings. The Labute approximate surface area is 151 Å². The van der Waals surface area contributed by atoms with Crippen LogP contribution in [0.5, 0.6) is 0 Å². The van der Waals surface area contributed by atoms with Crippen molar-refractivity contribution in [2.75, 3.05) is 11.9 Å². The molecule has 0 unspecified atom stereocenters. The fourth-order valence-electron chi connectivity index (χ4n) is 2.10. The molecule has 1 N–H and O–H groups in total. The second-order valence-electron chi connectivity index (χ2n) is 6.15. The molecule has 7 heteroatoms. The first-order valence-electron chi connectivity index (χ1n) is 8.20. The summed E-state index contributed by atoms with van der Waals surface area (Å²) in [5.74, 6) is -0.342. The number of carbonyl (C=O) groups is 2. The number of ether oxygens (including phenoxy) is 1. The molecule has 0 fully saturated rings. The van der Waals surface area contributed by atoms with E-state index in [2.05, 4.69) is 19.2 Å². The van der Waals surface area contributed by atoms with Crippen LogP contribution in [0.1, 0.15) is 41.0 Å². The summed E-state index contributed by atoms with van der Waals surface area (Å²) in [5, 5.41) is 13.3. The number of anilines is 1. The summed E-state index contributed by atoms with van der Waals surface area (Å²) >= 11 is 0. The fraction of sp³-hybridized carbons (Fsp3) is 0.263. The second-order valence-corrected chi connectivity index (χ2v) is 6.15. The molecule has 0 aliphatic heterocycles. The van der Waals surface area contributed by atoms with Crippen molar-refractivity contribution in [3.63, 3.8) is 0 Å². The minimum Gasteiger partial charge on any atom is -0.462 e. The third-order valence-corrected chi connectivity index (χ3v) is 3.65. The van der Waals surface area contributed by atoms with E-state index in [1.54, 1.807) is 24.3 Å². The third kappa shape index (κ3) is 5.41. The Balaban J connectivity index is 1.94. The van der Waals surface area contributed by atoms with Gasteiger partial charge in [0.1, 0.15) is 0 Å². The molecule has 0 atom stereocenters. The largest absolute Gasteiger partial charge is 0.462 e.